The third-order valence-electron chi connectivity index (χ3n) is 4.86. The molecular weight excluding hydrogens is 434 g/mol. The molecular formula is C23H20ClN3O5. The summed E-state index contributed by atoms with van der Waals surface area (Å²) in [5.74, 6) is -0.105. The zero-order chi connectivity index (χ0) is 22.8. The van der Waals surface area contributed by atoms with Crippen molar-refractivity contribution >= 4 is 40.4 Å². The van der Waals surface area contributed by atoms with Crippen molar-refractivity contribution in [1.29, 1.82) is 0 Å². The average molecular weight is 454 g/mol. The number of anilines is 1. The van der Waals surface area contributed by atoms with Gasteiger partial charge in [0.2, 0.25) is 11.7 Å². The molecule has 0 aliphatic carbocycles. The summed E-state index contributed by atoms with van der Waals surface area (Å²) in [6.07, 6.45) is 0. The summed E-state index contributed by atoms with van der Waals surface area (Å²) in [6, 6.07) is 12.2. The van der Waals surface area contributed by atoms with Crippen LogP contribution in [0.15, 0.2) is 47.0 Å². The molecule has 0 unspecified atom stereocenters. The van der Waals surface area contributed by atoms with E-state index < -0.39 is 5.91 Å². The lowest BCUT2D eigenvalue weighted by molar-refractivity contribution is -0.119. The number of aromatic nitrogens is 1. The molecule has 4 rings (SSSR count). The zero-order valence-electron chi connectivity index (χ0n) is 17.4. The van der Waals surface area contributed by atoms with Gasteiger partial charge in [0.15, 0.2) is 5.76 Å². The Hall–Kier alpha value is -3.78. The molecule has 1 aromatic heterocycles. The van der Waals surface area contributed by atoms with E-state index in [0.29, 0.717) is 46.4 Å². The normalized spacial score (nSPS) is 14.0. The molecule has 3 aromatic rings. The number of amides is 2. The summed E-state index contributed by atoms with van der Waals surface area (Å²) in [6.45, 7) is 3.93. The van der Waals surface area contributed by atoms with Gasteiger partial charge >= 0.3 is 0 Å². The minimum Gasteiger partial charge on any atom is -0.504 e. The van der Waals surface area contributed by atoms with Gasteiger partial charge < -0.3 is 25.0 Å². The van der Waals surface area contributed by atoms with Crippen molar-refractivity contribution in [3.63, 3.8) is 0 Å². The van der Waals surface area contributed by atoms with E-state index in [0.717, 1.165) is 5.56 Å². The standard InChI is InChI=1S/C23H20ClN3O5/c1-12-9-20(32-27-12)22(29)21-17-10-16(18(24)11-19(17)26-23(21)30)14-3-5-15(6-4-14)31-8-7-25-13(2)28/h3-6,9-11,29H,7-8H2,1-2H3,(H,25,28)(H,26,30)/b22-21+. The molecule has 0 spiro atoms. The van der Waals surface area contributed by atoms with Gasteiger partial charge in [-0.2, -0.15) is 0 Å². The Bertz CT molecular complexity index is 1230. The van der Waals surface area contributed by atoms with Crippen molar-refractivity contribution in [3.8, 4) is 16.9 Å². The van der Waals surface area contributed by atoms with E-state index >= 15 is 0 Å². The van der Waals surface area contributed by atoms with Crippen LogP contribution in [0.1, 0.15) is 23.9 Å². The molecule has 32 heavy (non-hydrogen) atoms. The monoisotopic (exact) mass is 453 g/mol. The summed E-state index contributed by atoms with van der Waals surface area (Å²) in [5, 5.41) is 20.2. The van der Waals surface area contributed by atoms with Crippen molar-refractivity contribution in [2.75, 3.05) is 18.5 Å². The predicted octanol–water partition coefficient (Wildman–Crippen LogP) is 4.20. The van der Waals surface area contributed by atoms with Crippen molar-refractivity contribution in [2.24, 2.45) is 0 Å². The Kier molecular flexibility index (Phi) is 5.87. The highest BCUT2D eigenvalue weighted by atomic mass is 35.5. The van der Waals surface area contributed by atoms with Gasteiger partial charge in [-0.25, -0.2) is 0 Å². The van der Waals surface area contributed by atoms with Gasteiger partial charge in [0, 0.05) is 24.1 Å². The quantitative estimate of drug-likeness (QED) is 0.293. The number of aliphatic hydroxyl groups excluding tert-OH is 1. The van der Waals surface area contributed by atoms with E-state index in [-0.39, 0.29) is 23.0 Å². The number of benzene rings is 2. The highest BCUT2D eigenvalue weighted by molar-refractivity contribution is 6.38. The lowest BCUT2D eigenvalue weighted by Gasteiger charge is -2.10. The maximum Gasteiger partial charge on any atom is 0.260 e. The fourth-order valence-corrected chi connectivity index (χ4v) is 3.64. The molecule has 164 valence electrons. The molecule has 9 heteroatoms. The van der Waals surface area contributed by atoms with E-state index in [9.17, 15) is 14.7 Å². The van der Waals surface area contributed by atoms with Crippen LogP contribution in [0.2, 0.25) is 5.02 Å². The van der Waals surface area contributed by atoms with Gasteiger partial charge in [0.25, 0.3) is 5.91 Å². The van der Waals surface area contributed by atoms with Gasteiger partial charge in [0.1, 0.15) is 12.4 Å². The first-order chi connectivity index (χ1) is 15.3. The third-order valence-corrected chi connectivity index (χ3v) is 5.17. The Morgan fingerprint density at radius 3 is 2.62 bits per heavy atom. The largest absolute Gasteiger partial charge is 0.504 e. The van der Waals surface area contributed by atoms with E-state index in [2.05, 4.69) is 15.8 Å². The van der Waals surface area contributed by atoms with Crippen molar-refractivity contribution in [3.05, 3.63) is 64.5 Å². The van der Waals surface area contributed by atoms with Crippen molar-refractivity contribution < 1.29 is 24.0 Å². The number of ether oxygens (including phenoxy) is 1. The zero-order valence-corrected chi connectivity index (χ0v) is 18.1. The molecule has 2 aromatic carbocycles. The van der Waals surface area contributed by atoms with Crippen LogP contribution in [0.4, 0.5) is 5.69 Å². The third kappa shape index (κ3) is 4.31. The summed E-state index contributed by atoms with van der Waals surface area (Å²) in [7, 11) is 0. The van der Waals surface area contributed by atoms with Crippen LogP contribution in [0.5, 0.6) is 5.75 Å². The number of carbonyl (C=O) groups is 2. The first kappa shape index (κ1) is 21.5. The van der Waals surface area contributed by atoms with Crippen LogP contribution in [-0.4, -0.2) is 35.2 Å². The van der Waals surface area contributed by atoms with E-state index in [1.54, 1.807) is 37.3 Å². The molecule has 1 aliphatic rings. The Morgan fingerprint density at radius 1 is 1.22 bits per heavy atom. The number of nitrogens with one attached hydrogen (secondary N) is 2. The van der Waals surface area contributed by atoms with E-state index in [4.69, 9.17) is 20.9 Å². The number of rotatable bonds is 6. The van der Waals surface area contributed by atoms with Gasteiger partial charge in [0.05, 0.1) is 28.5 Å². The van der Waals surface area contributed by atoms with Crippen molar-refractivity contribution in [1.82, 2.24) is 10.5 Å². The van der Waals surface area contributed by atoms with Gasteiger partial charge in [-0.15, -0.1) is 0 Å². The van der Waals surface area contributed by atoms with Crippen LogP contribution in [0, 0.1) is 6.92 Å². The molecule has 2 amide bonds. The molecule has 0 saturated heterocycles. The molecule has 0 saturated carbocycles. The van der Waals surface area contributed by atoms with Crippen LogP contribution < -0.4 is 15.4 Å². The molecule has 8 nitrogen and oxygen atoms in total. The van der Waals surface area contributed by atoms with Crippen LogP contribution in [-0.2, 0) is 9.59 Å². The number of aryl methyl sites for hydroxylation is 1. The molecule has 0 fully saturated rings. The van der Waals surface area contributed by atoms with Crippen LogP contribution in [0.3, 0.4) is 0 Å². The summed E-state index contributed by atoms with van der Waals surface area (Å²) in [5.41, 5.74) is 3.18. The topological polar surface area (TPSA) is 114 Å². The molecule has 3 N–H and O–H groups in total. The van der Waals surface area contributed by atoms with Crippen molar-refractivity contribution in [2.45, 2.75) is 13.8 Å². The second-order valence-corrected chi connectivity index (χ2v) is 7.65. The minimum atomic E-state index is -0.456. The fourth-order valence-electron chi connectivity index (χ4n) is 3.37. The smallest absolute Gasteiger partial charge is 0.260 e. The highest BCUT2D eigenvalue weighted by Gasteiger charge is 2.31. The summed E-state index contributed by atoms with van der Waals surface area (Å²) < 4.78 is 10.7. The average Bonchev–Trinajstić information content (AvgIpc) is 3.32. The fraction of sp³-hybridized carbons (Fsp3) is 0.174. The first-order valence-corrected chi connectivity index (χ1v) is 10.2. The molecule has 0 radical (unpaired) electrons. The number of aliphatic hydroxyl groups is 1. The van der Waals surface area contributed by atoms with E-state index in [1.807, 2.05) is 12.1 Å². The van der Waals surface area contributed by atoms with Gasteiger partial charge in [-0.05, 0) is 36.8 Å². The number of halogens is 1. The first-order valence-electron chi connectivity index (χ1n) is 9.83. The summed E-state index contributed by atoms with van der Waals surface area (Å²) >= 11 is 6.48. The minimum absolute atomic E-state index is 0.0898. The van der Waals surface area contributed by atoms with E-state index in [1.165, 1.54) is 6.92 Å². The Morgan fingerprint density at radius 2 is 1.97 bits per heavy atom. The summed E-state index contributed by atoms with van der Waals surface area (Å²) in [4.78, 5) is 23.5. The predicted molar refractivity (Wildman–Crippen MR) is 120 cm³/mol. The number of hydrogen-bond acceptors (Lipinski definition) is 6. The number of fused-ring (bicyclic) bond motifs is 1. The maximum atomic E-state index is 12.5. The van der Waals surface area contributed by atoms with Gasteiger partial charge in [-0.1, -0.05) is 28.9 Å². The molecule has 0 atom stereocenters. The highest BCUT2D eigenvalue weighted by Crippen LogP contribution is 2.42. The van der Waals surface area contributed by atoms with Crippen LogP contribution >= 0.6 is 11.6 Å². The Labute approximate surface area is 188 Å². The SMILES string of the molecule is CC(=O)NCCOc1ccc(-c2cc3c(cc2Cl)NC(=O)/C3=C(/O)c2cc(C)no2)cc1. The number of nitrogens with zero attached hydrogens (tertiary/aromatic N) is 1. The maximum absolute atomic E-state index is 12.5. The molecule has 0 bridgehead atoms. The number of carbonyl (C=O) groups excluding carboxylic acids is 2. The number of hydrogen-bond donors (Lipinski definition) is 3. The lowest BCUT2D eigenvalue weighted by atomic mass is 9.98. The van der Waals surface area contributed by atoms with Gasteiger partial charge in [-0.3, -0.25) is 9.59 Å². The molecule has 2 heterocycles. The second kappa shape index (κ2) is 8.76. The second-order valence-electron chi connectivity index (χ2n) is 7.24. The Balaban J connectivity index is 1.63. The lowest BCUT2D eigenvalue weighted by Crippen LogP contribution is -2.25. The van der Waals surface area contributed by atoms with Crippen LogP contribution in [0.25, 0.3) is 22.5 Å². The molecule has 1 aliphatic heterocycles.